The largest absolute Gasteiger partial charge is 0.370 e. The molecule has 2 heterocycles. The second-order valence-corrected chi connectivity index (χ2v) is 7.41. The molecule has 0 spiro atoms. The number of aryl methyl sites for hydroxylation is 1. The maximum absolute atomic E-state index is 4.90. The van der Waals surface area contributed by atoms with Crippen LogP contribution in [0.5, 0.6) is 0 Å². The highest BCUT2D eigenvalue weighted by Crippen LogP contribution is 2.38. The monoisotopic (exact) mass is 303 g/mol. The normalized spacial score (nSPS) is 22.6. The fraction of sp³-hybridized carbons (Fsp3) is 0.647. The minimum absolute atomic E-state index is 0.549. The molecule has 0 bridgehead atoms. The zero-order valence-electron chi connectivity index (χ0n) is 13.3. The van der Waals surface area contributed by atoms with Gasteiger partial charge in [0, 0.05) is 17.3 Å². The van der Waals surface area contributed by atoms with Crippen LogP contribution in [-0.2, 0) is 0 Å². The van der Waals surface area contributed by atoms with Crippen molar-refractivity contribution in [3.05, 3.63) is 16.8 Å². The van der Waals surface area contributed by atoms with E-state index in [0.717, 1.165) is 28.9 Å². The Morgan fingerprint density at radius 1 is 1.29 bits per heavy atom. The van der Waals surface area contributed by atoms with Crippen molar-refractivity contribution in [1.82, 2.24) is 9.97 Å². The zero-order chi connectivity index (χ0) is 14.8. The van der Waals surface area contributed by atoms with Gasteiger partial charge < -0.3 is 5.32 Å². The van der Waals surface area contributed by atoms with E-state index < -0.39 is 0 Å². The Labute approximate surface area is 131 Å². The topological polar surface area (TPSA) is 37.8 Å². The van der Waals surface area contributed by atoms with Gasteiger partial charge in [-0.1, -0.05) is 26.2 Å². The van der Waals surface area contributed by atoms with Gasteiger partial charge in [0.05, 0.1) is 5.39 Å². The van der Waals surface area contributed by atoms with Crippen molar-refractivity contribution in [1.29, 1.82) is 0 Å². The van der Waals surface area contributed by atoms with E-state index in [0.29, 0.717) is 5.92 Å². The Morgan fingerprint density at radius 3 is 2.90 bits per heavy atom. The van der Waals surface area contributed by atoms with Gasteiger partial charge in [0.25, 0.3) is 0 Å². The van der Waals surface area contributed by atoms with Crippen molar-refractivity contribution < 1.29 is 0 Å². The minimum atomic E-state index is 0.549. The number of nitrogens with zero attached hydrogens (tertiary/aromatic N) is 2. The third-order valence-corrected chi connectivity index (χ3v) is 5.55. The summed E-state index contributed by atoms with van der Waals surface area (Å²) in [5.41, 5.74) is 0. The molecule has 0 aliphatic heterocycles. The molecule has 0 saturated heterocycles. The molecule has 3 rings (SSSR count). The first-order valence-electron chi connectivity index (χ1n) is 8.23. The first kappa shape index (κ1) is 14.8. The van der Waals surface area contributed by atoms with E-state index in [1.54, 1.807) is 11.3 Å². The second kappa shape index (κ2) is 6.30. The van der Waals surface area contributed by atoms with Crippen LogP contribution < -0.4 is 5.32 Å². The van der Waals surface area contributed by atoms with E-state index in [1.165, 1.54) is 42.4 Å². The summed E-state index contributed by atoms with van der Waals surface area (Å²) in [7, 11) is 0. The predicted molar refractivity (Wildman–Crippen MR) is 91.3 cm³/mol. The summed E-state index contributed by atoms with van der Waals surface area (Å²) >= 11 is 1.79. The molecule has 2 aromatic heterocycles. The predicted octanol–water partition coefficient (Wildman–Crippen LogP) is 5.12. The summed E-state index contributed by atoms with van der Waals surface area (Å²) in [5, 5.41) is 4.61. The highest BCUT2D eigenvalue weighted by Gasteiger charge is 2.25. The smallest absolute Gasteiger partial charge is 0.138 e. The van der Waals surface area contributed by atoms with Crippen LogP contribution in [0.2, 0.25) is 0 Å². The SMILES string of the molecule is CCNc1nc(C2CCCC(CC)C2)nc2sc(C)cc12. The summed E-state index contributed by atoms with van der Waals surface area (Å²) < 4.78 is 0. The van der Waals surface area contributed by atoms with Crippen molar-refractivity contribution >= 4 is 27.4 Å². The fourth-order valence-electron chi connectivity index (χ4n) is 3.44. The number of hydrogen-bond acceptors (Lipinski definition) is 4. The van der Waals surface area contributed by atoms with Crippen LogP contribution in [0.4, 0.5) is 5.82 Å². The van der Waals surface area contributed by atoms with Gasteiger partial charge in [-0.3, -0.25) is 0 Å². The number of aromatic nitrogens is 2. The van der Waals surface area contributed by atoms with Crippen LogP contribution in [0.15, 0.2) is 6.07 Å². The Kier molecular flexibility index (Phi) is 4.43. The Balaban J connectivity index is 1.97. The molecule has 1 fully saturated rings. The molecule has 2 unspecified atom stereocenters. The lowest BCUT2D eigenvalue weighted by Crippen LogP contribution is -2.16. The minimum Gasteiger partial charge on any atom is -0.370 e. The van der Waals surface area contributed by atoms with E-state index in [2.05, 4.69) is 32.2 Å². The summed E-state index contributed by atoms with van der Waals surface area (Å²) in [5.74, 6) is 3.50. The van der Waals surface area contributed by atoms with Crippen LogP contribution in [0, 0.1) is 12.8 Å². The van der Waals surface area contributed by atoms with Crippen LogP contribution in [0.25, 0.3) is 10.2 Å². The van der Waals surface area contributed by atoms with Crippen LogP contribution in [-0.4, -0.2) is 16.5 Å². The Bertz CT molecular complexity index is 620. The van der Waals surface area contributed by atoms with Gasteiger partial charge >= 0.3 is 0 Å². The van der Waals surface area contributed by atoms with E-state index in [-0.39, 0.29) is 0 Å². The third kappa shape index (κ3) is 3.05. The molecule has 2 atom stereocenters. The maximum atomic E-state index is 4.90. The molecule has 1 aliphatic rings. The van der Waals surface area contributed by atoms with Gasteiger partial charge in [-0.05, 0) is 38.7 Å². The Hall–Kier alpha value is -1.16. The van der Waals surface area contributed by atoms with Gasteiger partial charge in [0.1, 0.15) is 16.5 Å². The summed E-state index contributed by atoms with van der Waals surface area (Å²) in [6.45, 7) is 7.49. The van der Waals surface area contributed by atoms with E-state index in [1.807, 2.05) is 0 Å². The molecular weight excluding hydrogens is 278 g/mol. The highest BCUT2D eigenvalue weighted by molar-refractivity contribution is 7.18. The quantitative estimate of drug-likeness (QED) is 0.852. The van der Waals surface area contributed by atoms with Crippen molar-refractivity contribution in [3.8, 4) is 0 Å². The van der Waals surface area contributed by atoms with Crippen molar-refractivity contribution in [2.45, 2.75) is 58.8 Å². The standard InChI is InChI=1S/C17H25N3S/c1-4-12-7-6-8-13(10-12)15-19-16(18-5-2)14-9-11(3)21-17(14)20-15/h9,12-13H,4-8,10H2,1-3H3,(H,18,19,20). The molecule has 1 N–H and O–H groups in total. The van der Waals surface area contributed by atoms with Crippen molar-refractivity contribution in [2.75, 3.05) is 11.9 Å². The maximum Gasteiger partial charge on any atom is 0.138 e. The number of fused-ring (bicyclic) bond motifs is 1. The van der Waals surface area contributed by atoms with Gasteiger partial charge in [0.2, 0.25) is 0 Å². The molecule has 0 amide bonds. The summed E-state index contributed by atoms with van der Waals surface area (Å²) in [6.07, 6.45) is 6.50. The average Bonchev–Trinajstić information content (AvgIpc) is 2.88. The van der Waals surface area contributed by atoms with Gasteiger partial charge in [-0.25, -0.2) is 9.97 Å². The molecule has 1 saturated carbocycles. The number of rotatable bonds is 4. The molecule has 0 radical (unpaired) electrons. The van der Waals surface area contributed by atoms with Crippen LogP contribution in [0.1, 0.15) is 62.6 Å². The van der Waals surface area contributed by atoms with E-state index >= 15 is 0 Å². The summed E-state index contributed by atoms with van der Waals surface area (Å²) in [4.78, 5) is 12.2. The zero-order valence-corrected chi connectivity index (χ0v) is 14.1. The molecule has 114 valence electrons. The first-order valence-corrected chi connectivity index (χ1v) is 9.04. The van der Waals surface area contributed by atoms with Crippen LogP contribution >= 0.6 is 11.3 Å². The molecule has 0 aromatic carbocycles. The molecule has 4 heteroatoms. The molecular formula is C17H25N3S. The first-order chi connectivity index (χ1) is 10.2. The van der Waals surface area contributed by atoms with Crippen molar-refractivity contribution in [2.24, 2.45) is 5.92 Å². The highest BCUT2D eigenvalue weighted by atomic mass is 32.1. The number of thiophene rings is 1. The van der Waals surface area contributed by atoms with Gasteiger partial charge in [-0.15, -0.1) is 11.3 Å². The number of hydrogen-bond donors (Lipinski definition) is 1. The van der Waals surface area contributed by atoms with Crippen molar-refractivity contribution in [3.63, 3.8) is 0 Å². The second-order valence-electron chi connectivity index (χ2n) is 6.17. The average molecular weight is 303 g/mol. The molecule has 21 heavy (non-hydrogen) atoms. The Morgan fingerprint density at radius 2 is 2.14 bits per heavy atom. The van der Waals surface area contributed by atoms with Crippen LogP contribution in [0.3, 0.4) is 0 Å². The molecule has 3 nitrogen and oxygen atoms in total. The van der Waals surface area contributed by atoms with E-state index in [9.17, 15) is 0 Å². The third-order valence-electron chi connectivity index (χ3n) is 4.60. The fourth-order valence-corrected chi connectivity index (χ4v) is 4.33. The number of nitrogens with one attached hydrogen (secondary N) is 1. The lowest BCUT2D eigenvalue weighted by atomic mass is 9.80. The lowest BCUT2D eigenvalue weighted by molar-refractivity contribution is 0.308. The number of anilines is 1. The van der Waals surface area contributed by atoms with Gasteiger partial charge in [0.15, 0.2) is 0 Å². The van der Waals surface area contributed by atoms with Gasteiger partial charge in [-0.2, -0.15) is 0 Å². The molecule has 1 aliphatic carbocycles. The van der Waals surface area contributed by atoms with E-state index in [4.69, 9.17) is 9.97 Å². The molecule has 2 aromatic rings. The summed E-state index contributed by atoms with van der Waals surface area (Å²) in [6, 6.07) is 2.21. The lowest BCUT2D eigenvalue weighted by Gasteiger charge is -2.27.